The van der Waals surface area contributed by atoms with Gasteiger partial charge in [-0.2, -0.15) is 0 Å². The Morgan fingerprint density at radius 1 is 1.23 bits per heavy atom. The van der Waals surface area contributed by atoms with E-state index in [2.05, 4.69) is 32.3 Å². The summed E-state index contributed by atoms with van der Waals surface area (Å²) >= 11 is 0. The Labute approximate surface area is 153 Å². The summed E-state index contributed by atoms with van der Waals surface area (Å²) in [6.45, 7) is 3.39. The fraction of sp³-hybridized carbons (Fsp3) is 0.300. The lowest BCUT2D eigenvalue weighted by atomic mass is 10.2. The predicted octanol–water partition coefficient (Wildman–Crippen LogP) is 3.13. The Kier molecular flexibility index (Phi) is 5.41. The van der Waals surface area contributed by atoms with E-state index in [1.807, 2.05) is 56.3 Å². The second kappa shape index (κ2) is 7.91. The predicted molar refractivity (Wildman–Crippen MR) is 108 cm³/mol. The fourth-order valence-electron chi connectivity index (χ4n) is 3.06. The van der Waals surface area contributed by atoms with Gasteiger partial charge in [-0.25, -0.2) is 4.98 Å². The number of carbonyl (C=O) groups is 1. The third-order valence-corrected chi connectivity index (χ3v) is 4.53. The summed E-state index contributed by atoms with van der Waals surface area (Å²) in [6, 6.07) is 13.8. The minimum absolute atomic E-state index is 0.321. The quantitative estimate of drug-likeness (QED) is 0.611. The number of rotatable bonds is 8. The van der Waals surface area contributed by atoms with Crippen molar-refractivity contribution in [3.8, 4) is 0 Å². The zero-order valence-electron chi connectivity index (χ0n) is 15.4. The summed E-state index contributed by atoms with van der Waals surface area (Å²) in [6.07, 6.45) is 2.72. The van der Waals surface area contributed by atoms with Gasteiger partial charge < -0.3 is 24.9 Å². The van der Waals surface area contributed by atoms with Crippen LogP contribution in [0.1, 0.15) is 6.92 Å². The maximum absolute atomic E-state index is 11.8. The SMILES string of the molecule is CCNc1cccnc1N(C)C(C=O)CN(C)c1cc2ccccc2[nH]1. The highest BCUT2D eigenvalue weighted by atomic mass is 16.1. The lowest BCUT2D eigenvalue weighted by Gasteiger charge is -2.30. The molecule has 1 atom stereocenters. The maximum atomic E-state index is 11.8. The number of aromatic amines is 1. The number of para-hydroxylation sites is 1. The van der Waals surface area contributed by atoms with E-state index in [1.165, 1.54) is 0 Å². The summed E-state index contributed by atoms with van der Waals surface area (Å²) in [5.41, 5.74) is 2.02. The lowest BCUT2D eigenvalue weighted by Crippen LogP contribution is -2.43. The fourth-order valence-corrected chi connectivity index (χ4v) is 3.06. The number of nitrogens with one attached hydrogen (secondary N) is 2. The molecule has 0 aliphatic carbocycles. The largest absolute Gasteiger partial charge is 0.382 e. The van der Waals surface area contributed by atoms with Gasteiger partial charge in [0.25, 0.3) is 0 Å². The minimum Gasteiger partial charge on any atom is -0.382 e. The van der Waals surface area contributed by atoms with Crippen molar-refractivity contribution in [1.82, 2.24) is 9.97 Å². The van der Waals surface area contributed by atoms with Gasteiger partial charge >= 0.3 is 0 Å². The van der Waals surface area contributed by atoms with Gasteiger partial charge in [0.2, 0.25) is 0 Å². The molecule has 0 aliphatic rings. The first-order valence-corrected chi connectivity index (χ1v) is 8.80. The van der Waals surface area contributed by atoms with Crippen molar-refractivity contribution in [2.24, 2.45) is 0 Å². The number of pyridine rings is 1. The van der Waals surface area contributed by atoms with E-state index in [1.54, 1.807) is 6.20 Å². The minimum atomic E-state index is -0.321. The monoisotopic (exact) mass is 351 g/mol. The molecule has 6 heteroatoms. The molecule has 0 amide bonds. The molecule has 0 radical (unpaired) electrons. The summed E-state index contributed by atoms with van der Waals surface area (Å²) < 4.78 is 0. The highest BCUT2D eigenvalue weighted by Crippen LogP contribution is 2.24. The molecule has 6 nitrogen and oxygen atoms in total. The molecule has 3 aromatic rings. The van der Waals surface area contributed by atoms with Gasteiger partial charge in [-0.05, 0) is 31.2 Å². The number of hydrogen-bond acceptors (Lipinski definition) is 5. The van der Waals surface area contributed by atoms with Gasteiger partial charge in [-0.15, -0.1) is 0 Å². The molecule has 1 unspecified atom stereocenters. The van der Waals surface area contributed by atoms with Crippen molar-refractivity contribution in [2.75, 3.05) is 42.3 Å². The molecular formula is C20H25N5O. The number of carbonyl (C=O) groups excluding carboxylic acids is 1. The third-order valence-electron chi connectivity index (χ3n) is 4.53. The Morgan fingerprint density at radius 2 is 2.04 bits per heavy atom. The molecule has 2 N–H and O–H groups in total. The van der Waals surface area contributed by atoms with E-state index in [-0.39, 0.29) is 6.04 Å². The molecule has 0 fully saturated rings. The number of anilines is 3. The summed E-state index contributed by atoms with van der Waals surface area (Å²) in [5, 5.41) is 4.46. The van der Waals surface area contributed by atoms with Crippen LogP contribution in [0.4, 0.5) is 17.3 Å². The second-order valence-corrected chi connectivity index (χ2v) is 6.34. The van der Waals surface area contributed by atoms with Crippen LogP contribution in [0.25, 0.3) is 10.9 Å². The summed E-state index contributed by atoms with van der Waals surface area (Å²) in [7, 11) is 3.89. The Bertz CT molecular complexity index is 842. The first-order chi connectivity index (χ1) is 12.6. The van der Waals surface area contributed by atoms with E-state index in [0.717, 1.165) is 41.1 Å². The van der Waals surface area contributed by atoms with Crippen LogP contribution in [0.15, 0.2) is 48.7 Å². The van der Waals surface area contributed by atoms with Crippen LogP contribution >= 0.6 is 0 Å². The number of benzene rings is 1. The van der Waals surface area contributed by atoms with Crippen LogP contribution < -0.4 is 15.1 Å². The van der Waals surface area contributed by atoms with Gasteiger partial charge in [-0.3, -0.25) is 0 Å². The molecule has 2 aromatic heterocycles. The normalized spacial score (nSPS) is 12.0. The van der Waals surface area contributed by atoms with E-state index < -0.39 is 0 Å². The van der Waals surface area contributed by atoms with Crippen molar-refractivity contribution in [3.63, 3.8) is 0 Å². The zero-order valence-corrected chi connectivity index (χ0v) is 15.4. The molecule has 1 aromatic carbocycles. The van der Waals surface area contributed by atoms with E-state index in [0.29, 0.717) is 6.54 Å². The standard InChI is InChI=1S/C20H25N5O/c1-4-21-18-10-7-11-22-20(18)25(3)16(14-26)13-24(2)19-12-15-8-5-6-9-17(15)23-19/h5-12,14,16,21,23H,4,13H2,1-3H3. The van der Waals surface area contributed by atoms with E-state index in [9.17, 15) is 4.79 Å². The number of H-pyrrole nitrogens is 1. The number of likely N-dealkylation sites (N-methyl/N-ethyl adjacent to an activating group) is 2. The zero-order chi connectivity index (χ0) is 18.5. The van der Waals surface area contributed by atoms with E-state index >= 15 is 0 Å². The molecule has 0 saturated heterocycles. The van der Waals surface area contributed by atoms with Crippen molar-refractivity contribution in [3.05, 3.63) is 48.7 Å². The van der Waals surface area contributed by atoms with Gasteiger partial charge in [0.1, 0.15) is 18.1 Å². The molecule has 26 heavy (non-hydrogen) atoms. The average molecular weight is 351 g/mol. The van der Waals surface area contributed by atoms with Gasteiger partial charge in [0, 0.05) is 44.3 Å². The second-order valence-electron chi connectivity index (χ2n) is 6.34. The molecule has 0 aliphatic heterocycles. The molecular weight excluding hydrogens is 326 g/mol. The maximum Gasteiger partial charge on any atom is 0.152 e. The number of nitrogens with zero attached hydrogens (tertiary/aromatic N) is 3. The Morgan fingerprint density at radius 3 is 2.77 bits per heavy atom. The third kappa shape index (κ3) is 3.64. The summed E-state index contributed by atoms with van der Waals surface area (Å²) in [5.74, 6) is 1.76. The van der Waals surface area contributed by atoms with Gasteiger partial charge in [0.15, 0.2) is 5.82 Å². The van der Waals surface area contributed by atoms with Crippen LogP contribution in [0.3, 0.4) is 0 Å². The number of aldehydes is 1. The van der Waals surface area contributed by atoms with Crippen molar-refractivity contribution in [2.45, 2.75) is 13.0 Å². The molecule has 2 heterocycles. The highest BCUT2D eigenvalue weighted by Gasteiger charge is 2.20. The van der Waals surface area contributed by atoms with Crippen molar-refractivity contribution < 1.29 is 4.79 Å². The molecule has 136 valence electrons. The smallest absolute Gasteiger partial charge is 0.152 e. The first-order valence-electron chi connectivity index (χ1n) is 8.80. The number of aromatic nitrogens is 2. The topological polar surface area (TPSA) is 64.3 Å². The molecule has 3 rings (SSSR count). The Hall–Kier alpha value is -3.02. The van der Waals surface area contributed by atoms with Crippen molar-refractivity contribution in [1.29, 1.82) is 0 Å². The van der Waals surface area contributed by atoms with Gasteiger partial charge in [0.05, 0.1) is 5.69 Å². The van der Waals surface area contributed by atoms with Crippen LogP contribution in [0, 0.1) is 0 Å². The average Bonchev–Trinajstić information content (AvgIpc) is 3.10. The van der Waals surface area contributed by atoms with Crippen molar-refractivity contribution >= 4 is 34.5 Å². The van der Waals surface area contributed by atoms with E-state index in [4.69, 9.17) is 0 Å². The lowest BCUT2D eigenvalue weighted by molar-refractivity contribution is -0.108. The number of fused-ring (bicyclic) bond motifs is 1. The summed E-state index contributed by atoms with van der Waals surface area (Å²) in [4.78, 5) is 23.6. The van der Waals surface area contributed by atoms with Crippen LogP contribution in [0.5, 0.6) is 0 Å². The number of hydrogen-bond donors (Lipinski definition) is 2. The first kappa shape index (κ1) is 17.8. The van der Waals surface area contributed by atoms with Crippen LogP contribution in [0.2, 0.25) is 0 Å². The van der Waals surface area contributed by atoms with Gasteiger partial charge in [-0.1, -0.05) is 18.2 Å². The van der Waals surface area contributed by atoms with Crippen LogP contribution in [-0.4, -0.2) is 49.5 Å². The molecule has 0 bridgehead atoms. The van der Waals surface area contributed by atoms with Crippen LogP contribution in [-0.2, 0) is 4.79 Å². The molecule has 0 spiro atoms. The molecule has 0 saturated carbocycles. The Balaban J connectivity index is 1.79. The highest BCUT2D eigenvalue weighted by molar-refractivity contribution is 5.84.